The number of carbonyl (C=O) groups excluding carboxylic acids is 1. The van der Waals surface area contributed by atoms with E-state index in [9.17, 15) is 4.79 Å². The molecule has 0 radical (unpaired) electrons. The highest BCUT2D eigenvalue weighted by molar-refractivity contribution is 5.91. The third-order valence-corrected chi connectivity index (χ3v) is 5.07. The number of amides is 1. The Kier molecular flexibility index (Phi) is 5.53. The highest BCUT2D eigenvalue weighted by Crippen LogP contribution is 2.34. The molecule has 0 saturated carbocycles. The monoisotopic (exact) mass is 382 g/mol. The first-order valence-corrected chi connectivity index (χ1v) is 9.64. The van der Waals surface area contributed by atoms with Gasteiger partial charge in [-0.15, -0.1) is 0 Å². The molecule has 1 fully saturated rings. The Morgan fingerprint density at radius 2 is 1.68 bits per heavy atom. The zero-order valence-corrected chi connectivity index (χ0v) is 16.1. The summed E-state index contributed by atoms with van der Waals surface area (Å²) in [6.07, 6.45) is 0.384. The molecule has 0 atom stereocenters. The lowest BCUT2D eigenvalue weighted by atomic mass is 10.2. The molecule has 0 aliphatic carbocycles. The maximum Gasteiger partial charge on any atom is 0.231 e. The predicted octanol–water partition coefficient (Wildman–Crippen LogP) is 2.61. The first kappa shape index (κ1) is 18.4. The highest BCUT2D eigenvalue weighted by Gasteiger charge is 2.15. The van der Waals surface area contributed by atoms with Crippen molar-refractivity contribution in [1.82, 2.24) is 4.90 Å². The topological polar surface area (TPSA) is 66.1 Å². The molecule has 0 bridgehead atoms. The summed E-state index contributed by atoms with van der Waals surface area (Å²) in [7, 11) is 2.16. The molecular weight excluding hydrogens is 356 g/mol. The number of hydrogen-bond donors (Lipinski definition) is 2. The number of carbonyl (C=O) groups is 1. The van der Waals surface area contributed by atoms with Crippen LogP contribution >= 0.6 is 0 Å². The lowest BCUT2D eigenvalue weighted by Crippen LogP contribution is -2.44. The molecule has 1 saturated heterocycles. The van der Waals surface area contributed by atoms with E-state index < -0.39 is 0 Å². The van der Waals surface area contributed by atoms with E-state index in [1.165, 1.54) is 5.69 Å². The van der Waals surface area contributed by atoms with Crippen molar-refractivity contribution in [1.29, 1.82) is 0 Å². The van der Waals surface area contributed by atoms with Crippen LogP contribution in [0.2, 0.25) is 0 Å². The molecule has 2 aliphatic rings. The third kappa shape index (κ3) is 4.48. The van der Waals surface area contributed by atoms with Crippen molar-refractivity contribution in [2.45, 2.75) is 6.42 Å². The average molecular weight is 382 g/mol. The molecule has 0 aromatic heterocycles. The van der Waals surface area contributed by atoms with Crippen LogP contribution in [0.25, 0.3) is 0 Å². The van der Waals surface area contributed by atoms with Gasteiger partial charge in [-0.3, -0.25) is 4.79 Å². The molecule has 2 heterocycles. The SMILES string of the molecule is CN1CCN(c2ccc(NCCC(=O)Nc3ccc4c(c3)OCO4)cc2)CC1. The van der Waals surface area contributed by atoms with Gasteiger partial charge in [-0.05, 0) is 43.4 Å². The Morgan fingerprint density at radius 3 is 2.46 bits per heavy atom. The molecular formula is C21H26N4O3. The van der Waals surface area contributed by atoms with Gasteiger partial charge in [0, 0.05) is 62.3 Å². The molecule has 1 amide bonds. The number of nitrogens with zero attached hydrogens (tertiary/aromatic N) is 2. The molecule has 7 nitrogen and oxygen atoms in total. The second-order valence-corrected chi connectivity index (χ2v) is 7.13. The summed E-state index contributed by atoms with van der Waals surface area (Å²) in [4.78, 5) is 16.9. The fraction of sp³-hybridized carbons (Fsp3) is 0.381. The van der Waals surface area contributed by atoms with Crippen LogP contribution in [0, 0.1) is 0 Å². The summed E-state index contributed by atoms with van der Waals surface area (Å²) in [5, 5.41) is 6.20. The highest BCUT2D eigenvalue weighted by atomic mass is 16.7. The van der Waals surface area contributed by atoms with Crippen LogP contribution in [-0.4, -0.2) is 57.4 Å². The van der Waals surface area contributed by atoms with Crippen LogP contribution in [0.1, 0.15) is 6.42 Å². The average Bonchev–Trinajstić information content (AvgIpc) is 3.17. The Morgan fingerprint density at radius 1 is 0.964 bits per heavy atom. The smallest absolute Gasteiger partial charge is 0.231 e. The van der Waals surface area contributed by atoms with Gasteiger partial charge in [0.1, 0.15) is 0 Å². The van der Waals surface area contributed by atoms with Crippen molar-refractivity contribution >= 4 is 23.0 Å². The van der Waals surface area contributed by atoms with E-state index in [4.69, 9.17) is 9.47 Å². The van der Waals surface area contributed by atoms with Gasteiger partial charge in [0.25, 0.3) is 0 Å². The van der Waals surface area contributed by atoms with Crippen LogP contribution in [0.4, 0.5) is 17.1 Å². The van der Waals surface area contributed by atoms with Crippen molar-refractivity contribution in [3.63, 3.8) is 0 Å². The van der Waals surface area contributed by atoms with Gasteiger partial charge in [-0.1, -0.05) is 0 Å². The third-order valence-electron chi connectivity index (χ3n) is 5.07. The number of anilines is 3. The normalized spacial score (nSPS) is 16.1. The van der Waals surface area contributed by atoms with E-state index in [1.807, 2.05) is 6.07 Å². The Hall–Kier alpha value is -2.93. The number of piperazine rings is 1. The molecule has 7 heteroatoms. The number of fused-ring (bicyclic) bond motifs is 1. The molecule has 4 rings (SSSR count). The van der Waals surface area contributed by atoms with Crippen molar-refractivity contribution in [3.05, 3.63) is 42.5 Å². The van der Waals surface area contributed by atoms with E-state index in [0.29, 0.717) is 30.2 Å². The van der Waals surface area contributed by atoms with Crippen LogP contribution < -0.4 is 25.0 Å². The molecule has 2 aromatic carbocycles. The maximum absolute atomic E-state index is 12.2. The predicted molar refractivity (Wildman–Crippen MR) is 110 cm³/mol. The van der Waals surface area contributed by atoms with Crippen LogP contribution in [-0.2, 0) is 4.79 Å². The lowest BCUT2D eigenvalue weighted by Gasteiger charge is -2.34. The molecule has 148 valence electrons. The minimum atomic E-state index is -0.0413. The van der Waals surface area contributed by atoms with Crippen molar-refractivity contribution in [3.8, 4) is 11.5 Å². The largest absolute Gasteiger partial charge is 0.454 e. The Balaban J connectivity index is 1.22. The minimum Gasteiger partial charge on any atom is -0.454 e. The number of nitrogens with one attached hydrogen (secondary N) is 2. The van der Waals surface area contributed by atoms with E-state index in [2.05, 4.69) is 51.7 Å². The van der Waals surface area contributed by atoms with Gasteiger partial charge in [-0.2, -0.15) is 0 Å². The number of benzene rings is 2. The van der Waals surface area contributed by atoms with Gasteiger partial charge < -0.3 is 29.9 Å². The minimum absolute atomic E-state index is 0.0413. The van der Waals surface area contributed by atoms with Gasteiger partial charge in [-0.25, -0.2) is 0 Å². The molecule has 2 aliphatic heterocycles. The first-order chi connectivity index (χ1) is 13.7. The van der Waals surface area contributed by atoms with Gasteiger partial charge in [0.2, 0.25) is 12.7 Å². The first-order valence-electron chi connectivity index (χ1n) is 9.64. The standard InChI is InChI=1S/C21H26N4O3/c1-24-10-12-25(13-11-24)18-5-2-16(3-6-18)22-9-8-21(26)23-17-4-7-19-20(14-17)28-15-27-19/h2-7,14,22H,8-13,15H2,1H3,(H,23,26). The number of likely N-dealkylation sites (N-methyl/N-ethyl adjacent to an activating group) is 1. The molecule has 2 N–H and O–H groups in total. The number of ether oxygens (including phenoxy) is 2. The fourth-order valence-electron chi connectivity index (χ4n) is 3.37. The number of rotatable bonds is 6. The van der Waals surface area contributed by atoms with E-state index in [1.54, 1.807) is 12.1 Å². The lowest BCUT2D eigenvalue weighted by molar-refractivity contribution is -0.115. The number of hydrogen-bond acceptors (Lipinski definition) is 6. The summed E-state index contributed by atoms with van der Waals surface area (Å²) in [6.45, 7) is 5.11. The molecule has 28 heavy (non-hydrogen) atoms. The van der Waals surface area contributed by atoms with Crippen molar-refractivity contribution < 1.29 is 14.3 Å². The second kappa shape index (κ2) is 8.39. The quantitative estimate of drug-likeness (QED) is 0.801. The molecule has 0 spiro atoms. The summed E-state index contributed by atoms with van der Waals surface area (Å²) in [5.74, 6) is 1.33. The van der Waals surface area contributed by atoms with E-state index in [0.717, 1.165) is 31.9 Å². The van der Waals surface area contributed by atoms with Crippen molar-refractivity contribution in [2.24, 2.45) is 0 Å². The van der Waals surface area contributed by atoms with E-state index >= 15 is 0 Å². The van der Waals surface area contributed by atoms with Gasteiger partial charge in [0.15, 0.2) is 11.5 Å². The molecule has 0 unspecified atom stereocenters. The summed E-state index contributed by atoms with van der Waals surface area (Å²) in [5.41, 5.74) is 2.98. The van der Waals surface area contributed by atoms with Gasteiger partial charge in [0.05, 0.1) is 0 Å². The fourth-order valence-corrected chi connectivity index (χ4v) is 3.37. The van der Waals surface area contributed by atoms with Gasteiger partial charge >= 0.3 is 0 Å². The van der Waals surface area contributed by atoms with Crippen LogP contribution in [0.15, 0.2) is 42.5 Å². The Labute approximate surface area is 165 Å². The maximum atomic E-state index is 12.2. The summed E-state index contributed by atoms with van der Waals surface area (Å²) < 4.78 is 10.6. The molecule has 2 aromatic rings. The van der Waals surface area contributed by atoms with Crippen molar-refractivity contribution in [2.75, 3.05) is 62.1 Å². The zero-order chi connectivity index (χ0) is 19.3. The summed E-state index contributed by atoms with van der Waals surface area (Å²) in [6, 6.07) is 13.8. The second-order valence-electron chi connectivity index (χ2n) is 7.13. The zero-order valence-electron chi connectivity index (χ0n) is 16.1. The Bertz CT molecular complexity index is 817. The van der Waals surface area contributed by atoms with Crippen LogP contribution in [0.3, 0.4) is 0 Å². The van der Waals surface area contributed by atoms with Crippen LogP contribution in [0.5, 0.6) is 11.5 Å². The summed E-state index contributed by atoms with van der Waals surface area (Å²) >= 11 is 0. The van der Waals surface area contributed by atoms with E-state index in [-0.39, 0.29) is 12.7 Å².